The molecule has 13 nitrogen and oxygen atoms in total. The predicted molar refractivity (Wildman–Crippen MR) is 175 cm³/mol. The quantitative estimate of drug-likeness (QED) is 0.119. The average molecular weight is 638 g/mol. The van der Waals surface area contributed by atoms with E-state index in [1.807, 2.05) is 55.4 Å². The molecule has 1 N–H and O–H groups in total. The van der Waals surface area contributed by atoms with Crippen LogP contribution in [0.2, 0.25) is 0 Å². The number of hydrogen-bond donors (Lipinski definition) is 1. The van der Waals surface area contributed by atoms with Gasteiger partial charge in [-0.2, -0.15) is 0 Å². The number of aryl methyl sites for hydroxylation is 2. The van der Waals surface area contributed by atoms with E-state index in [4.69, 9.17) is 27.8 Å². The molecule has 0 aliphatic carbocycles. The second kappa shape index (κ2) is 30.5. The summed E-state index contributed by atoms with van der Waals surface area (Å²) in [6, 6.07) is 5.23. The van der Waals surface area contributed by atoms with Gasteiger partial charge in [0.25, 0.3) is 0 Å². The van der Waals surface area contributed by atoms with Crippen LogP contribution >= 0.6 is 0 Å². The summed E-state index contributed by atoms with van der Waals surface area (Å²) in [6.45, 7) is 22.5. The van der Waals surface area contributed by atoms with Crippen LogP contribution in [0.4, 0.5) is 5.69 Å². The molecule has 1 aromatic carbocycles. The molecular formula is C32H55N5O8. The van der Waals surface area contributed by atoms with Gasteiger partial charge in [0, 0.05) is 37.1 Å². The van der Waals surface area contributed by atoms with Crippen LogP contribution in [0.15, 0.2) is 27.0 Å². The summed E-state index contributed by atoms with van der Waals surface area (Å²) in [7, 11) is 0. The summed E-state index contributed by atoms with van der Waals surface area (Å²) in [5.41, 5.74) is 1.72. The lowest BCUT2D eigenvalue weighted by molar-refractivity contribution is -0.117. The fourth-order valence-electron chi connectivity index (χ4n) is 3.05. The number of anilines is 1. The van der Waals surface area contributed by atoms with E-state index in [1.165, 1.54) is 0 Å². The summed E-state index contributed by atoms with van der Waals surface area (Å²) < 4.78 is 32.5. The molecule has 0 spiro atoms. The third-order valence-corrected chi connectivity index (χ3v) is 4.73. The molecule has 0 fully saturated rings. The lowest BCUT2D eigenvalue weighted by Gasteiger charge is -2.09. The van der Waals surface area contributed by atoms with Crippen molar-refractivity contribution in [2.24, 2.45) is 0 Å². The van der Waals surface area contributed by atoms with E-state index in [0.29, 0.717) is 93.0 Å². The highest BCUT2D eigenvalue weighted by atomic mass is 16.6. The standard InChI is InChI=1S/C24H31N5O8.4C2H6/c1-17-26-28-23(36-17)19-14-20(24-29-27-18(2)37-24)16-21(15-19)25-22(31)4-7-33-9-11-35-13-12-34-10-8-32-6-3-5-30;4*1-2/h5,14-16H,3-4,6-13H2,1-2H3,(H,25,31);4*1-2H3. The Labute approximate surface area is 268 Å². The van der Waals surface area contributed by atoms with Crippen molar-refractivity contribution in [3.05, 3.63) is 30.0 Å². The Bertz CT molecular complexity index is 1060. The molecule has 0 bridgehead atoms. The Kier molecular flexibility index (Phi) is 29.6. The smallest absolute Gasteiger partial charge is 0.247 e. The topological polar surface area (TPSA) is 161 Å². The molecule has 45 heavy (non-hydrogen) atoms. The molecule has 0 saturated carbocycles. The van der Waals surface area contributed by atoms with Gasteiger partial charge in [0.1, 0.15) is 6.29 Å². The van der Waals surface area contributed by atoms with Crippen molar-refractivity contribution in [1.82, 2.24) is 20.4 Å². The Morgan fingerprint density at radius 1 is 0.644 bits per heavy atom. The van der Waals surface area contributed by atoms with Gasteiger partial charge in [-0.05, 0) is 18.2 Å². The number of aldehydes is 1. The van der Waals surface area contributed by atoms with Gasteiger partial charge in [-0.25, -0.2) is 0 Å². The molecule has 0 unspecified atom stereocenters. The molecule has 1 amide bonds. The third kappa shape index (κ3) is 20.2. The van der Waals surface area contributed by atoms with E-state index < -0.39 is 0 Å². The molecular weight excluding hydrogens is 582 g/mol. The predicted octanol–water partition coefficient (Wildman–Crippen LogP) is 6.49. The average Bonchev–Trinajstić information content (AvgIpc) is 3.73. The van der Waals surface area contributed by atoms with Crippen molar-refractivity contribution in [3.8, 4) is 22.9 Å². The summed E-state index contributed by atoms with van der Waals surface area (Å²) in [5.74, 6) is 1.23. The van der Waals surface area contributed by atoms with Crippen molar-refractivity contribution >= 4 is 17.9 Å². The van der Waals surface area contributed by atoms with Crippen molar-refractivity contribution in [2.75, 3.05) is 58.2 Å². The second-order valence-corrected chi connectivity index (χ2v) is 7.75. The molecule has 2 aromatic heterocycles. The molecule has 13 heteroatoms. The summed E-state index contributed by atoms with van der Waals surface area (Å²) in [6.07, 6.45) is 1.37. The first-order valence-electron chi connectivity index (χ1n) is 15.9. The molecule has 3 aromatic rings. The number of rotatable bonds is 18. The van der Waals surface area contributed by atoms with E-state index in [0.717, 1.165) is 6.29 Å². The molecule has 0 radical (unpaired) electrons. The van der Waals surface area contributed by atoms with Crippen LogP contribution in [0.1, 0.15) is 80.0 Å². The molecule has 3 rings (SSSR count). The summed E-state index contributed by atoms with van der Waals surface area (Å²) in [5, 5.41) is 18.7. The van der Waals surface area contributed by atoms with Crippen LogP contribution in [-0.4, -0.2) is 85.4 Å². The van der Waals surface area contributed by atoms with Gasteiger partial charge >= 0.3 is 0 Å². The first-order valence-corrected chi connectivity index (χ1v) is 15.9. The number of aromatic nitrogens is 4. The van der Waals surface area contributed by atoms with Crippen molar-refractivity contribution in [3.63, 3.8) is 0 Å². The number of hydrogen-bond acceptors (Lipinski definition) is 12. The monoisotopic (exact) mass is 637 g/mol. The Balaban J connectivity index is 0. The molecule has 0 atom stereocenters. The second-order valence-electron chi connectivity index (χ2n) is 7.75. The van der Waals surface area contributed by atoms with E-state index in [2.05, 4.69) is 25.7 Å². The SMILES string of the molecule is CC.CC.CC.CC.Cc1nnc(-c2cc(NC(=O)CCOCCOCCOCCOCCC=O)cc(-c3nnc(C)o3)c2)o1. The van der Waals surface area contributed by atoms with E-state index in [9.17, 15) is 9.59 Å². The van der Waals surface area contributed by atoms with Crippen molar-refractivity contribution < 1.29 is 37.4 Å². The Morgan fingerprint density at radius 2 is 1.04 bits per heavy atom. The first-order chi connectivity index (χ1) is 22.0. The molecule has 2 heterocycles. The van der Waals surface area contributed by atoms with E-state index in [-0.39, 0.29) is 18.9 Å². The van der Waals surface area contributed by atoms with Gasteiger partial charge < -0.3 is 37.9 Å². The number of ether oxygens (including phenoxy) is 4. The minimum atomic E-state index is -0.226. The number of nitrogens with one attached hydrogen (secondary N) is 1. The maximum absolute atomic E-state index is 12.5. The van der Waals surface area contributed by atoms with Gasteiger partial charge in [-0.15, -0.1) is 20.4 Å². The minimum absolute atomic E-state index is 0.159. The maximum atomic E-state index is 12.5. The zero-order chi connectivity index (χ0) is 34.3. The van der Waals surface area contributed by atoms with Crippen molar-refractivity contribution in [1.29, 1.82) is 0 Å². The zero-order valence-corrected chi connectivity index (χ0v) is 28.9. The van der Waals surface area contributed by atoms with Crippen LogP contribution in [0.25, 0.3) is 22.9 Å². The molecule has 256 valence electrons. The normalized spacial score (nSPS) is 9.64. The zero-order valence-electron chi connectivity index (χ0n) is 28.9. The number of carbonyl (C=O) groups excluding carboxylic acids is 2. The largest absolute Gasteiger partial charge is 0.421 e. The van der Waals surface area contributed by atoms with E-state index in [1.54, 1.807) is 32.0 Å². The highest BCUT2D eigenvalue weighted by Gasteiger charge is 2.15. The first kappa shape index (κ1) is 43.6. The molecule has 0 aliphatic heterocycles. The molecule has 0 aliphatic rings. The van der Waals surface area contributed by atoms with Crippen LogP contribution < -0.4 is 5.32 Å². The van der Waals surface area contributed by atoms with Gasteiger partial charge in [-0.3, -0.25) is 4.79 Å². The summed E-state index contributed by atoms with van der Waals surface area (Å²) >= 11 is 0. The van der Waals surface area contributed by atoms with Crippen LogP contribution in [0, 0.1) is 13.8 Å². The van der Waals surface area contributed by atoms with Gasteiger partial charge in [0.15, 0.2) is 0 Å². The van der Waals surface area contributed by atoms with Gasteiger partial charge in [0.05, 0.1) is 59.3 Å². The number of nitrogens with zero attached hydrogens (tertiary/aromatic N) is 4. The highest BCUT2D eigenvalue weighted by Crippen LogP contribution is 2.29. The van der Waals surface area contributed by atoms with Gasteiger partial charge in [0.2, 0.25) is 29.5 Å². The number of amides is 1. The third-order valence-electron chi connectivity index (χ3n) is 4.73. The van der Waals surface area contributed by atoms with Gasteiger partial charge in [-0.1, -0.05) is 55.4 Å². The van der Waals surface area contributed by atoms with Crippen molar-refractivity contribution in [2.45, 2.75) is 82.1 Å². The van der Waals surface area contributed by atoms with Crippen LogP contribution in [-0.2, 0) is 28.5 Å². The maximum Gasteiger partial charge on any atom is 0.247 e. The number of carbonyl (C=O) groups is 2. The fraction of sp³-hybridized carbons (Fsp3) is 0.625. The Hall–Kier alpha value is -3.52. The van der Waals surface area contributed by atoms with E-state index >= 15 is 0 Å². The molecule has 0 saturated heterocycles. The lowest BCUT2D eigenvalue weighted by atomic mass is 10.1. The fourth-order valence-corrected chi connectivity index (χ4v) is 3.05. The number of benzene rings is 1. The van der Waals surface area contributed by atoms with Crippen LogP contribution in [0.3, 0.4) is 0 Å². The van der Waals surface area contributed by atoms with Crippen LogP contribution in [0.5, 0.6) is 0 Å². The lowest BCUT2D eigenvalue weighted by Crippen LogP contribution is -2.16. The minimum Gasteiger partial charge on any atom is -0.421 e. The highest BCUT2D eigenvalue weighted by molar-refractivity contribution is 5.92. The Morgan fingerprint density at radius 3 is 1.42 bits per heavy atom. The summed E-state index contributed by atoms with van der Waals surface area (Å²) in [4.78, 5) is 22.6.